The van der Waals surface area contributed by atoms with Crippen LogP contribution in [0.15, 0.2) is 0 Å². The van der Waals surface area contributed by atoms with Gasteiger partial charge in [0.15, 0.2) is 11.1 Å². The van der Waals surface area contributed by atoms with Crippen molar-refractivity contribution in [3.63, 3.8) is 0 Å². The van der Waals surface area contributed by atoms with Gasteiger partial charge in [-0.1, -0.05) is 90.4 Å². The van der Waals surface area contributed by atoms with Gasteiger partial charge >= 0.3 is 51.4 Å². The molecule has 20 heavy (non-hydrogen) atoms. The van der Waals surface area contributed by atoms with Crippen LogP contribution in [0.1, 0.15) is 96.8 Å². The Balaban J connectivity index is 0. The molecule has 0 saturated carbocycles. The Morgan fingerprint density at radius 1 is 0.650 bits per heavy atom. The Kier molecular flexibility index (Phi) is 24.9. The zero-order valence-electron chi connectivity index (χ0n) is 12.9. The van der Waals surface area contributed by atoms with Gasteiger partial charge in [-0.15, -0.1) is 0 Å². The zero-order chi connectivity index (χ0) is 14.2. The van der Waals surface area contributed by atoms with Crippen LogP contribution in [0.5, 0.6) is 0 Å². The predicted octanol–water partition coefficient (Wildman–Crippen LogP) is 5.04. The van der Waals surface area contributed by atoms with E-state index in [1.165, 1.54) is 77.0 Å². The molecule has 0 radical (unpaired) electrons. The van der Waals surface area contributed by atoms with Crippen molar-refractivity contribution >= 4 is 62.5 Å². The molecule has 0 aromatic heterocycles. The molecule has 4 heteroatoms. The average Bonchev–Trinajstić information content (AvgIpc) is 2.39. The van der Waals surface area contributed by atoms with Crippen LogP contribution in [-0.2, 0) is 11.1 Å². The van der Waals surface area contributed by atoms with Gasteiger partial charge in [-0.25, -0.2) is 4.21 Å². The van der Waals surface area contributed by atoms with Crippen molar-refractivity contribution in [2.45, 2.75) is 96.8 Å². The van der Waals surface area contributed by atoms with Crippen molar-refractivity contribution < 1.29 is 8.76 Å². The standard InChI is InChI=1S/C16H34O2S.K.H/c1-2-3-4-5-6-7-8-9-10-11-12-13-14-15-16-19(17)18;;/h2-16H2,1H3,(H,17,18);;. The number of unbranched alkanes of at least 4 members (excludes halogenated alkanes) is 13. The second kappa shape index (κ2) is 20.7. The summed E-state index contributed by atoms with van der Waals surface area (Å²) in [5.74, 6) is 0.456. The van der Waals surface area contributed by atoms with Crippen molar-refractivity contribution in [3.05, 3.63) is 0 Å². The summed E-state index contributed by atoms with van der Waals surface area (Å²) in [6, 6.07) is 0. The molecule has 0 bridgehead atoms. The molecule has 0 heterocycles. The van der Waals surface area contributed by atoms with Gasteiger partial charge in [0.05, 0.1) is 0 Å². The third kappa shape index (κ3) is 22.0. The molecule has 0 aliphatic carbocycles. The van der Waals surface area contributed by atoms with Gasteiger partial charge in [0.25, 0.3) is 0 Å². The van der Waals surface area contributed by atoms with Crippen LogP contribution in [0.2, 0.25) is 0 Å². The third-order valence-corrected chi connectivity index (χ3v) is 4.31. The molecule has 0 aromatic rings. The zero-order valence-corrected chi connectivity index (χ0v) is 13.7. The average molecular weight is 331 g/mol. The third-order valence-electron chi connectivity index (χ3n) is 3.67. The number of hydrogen-bond acceptors (Lipinski definition) is 1. The van der Waals surface area contributed by atoms with Crippen LogP contribution in [-0.4, -0.2) is 65.9 Å². The maximum atomic E-state index is 10.4. The first kappa shape index (κ1) is 24.0. The monoisotopic (exact) mass is 330 g/mol. The van der Waals surface area contributed by atoms with Crippen molar-refractivity contribution in [2.75, 3.05) is 5.75 Å². The van der Waals surface area contributed by atoms with E-state index in [9.17, 15) is 4.21 Å². The minimum absolute atomic E-state index is 0. The summed E-state index contributed by atoms with van der Waals surface area (Å²) in [4.78, 5) is 0. The van der Waals surface area contributed by atoms with Crippen LogP contribution in [0.4, 0.5) is 0 Å². The van der Waals surface area contributed by atoms with E-state index in [0.29, 0.717) is 5.75 Å². The predicted molar refractivity (Wildman–Crippen MR) is 93.1 cm³/mol. The molecular formula is C16H35KO2S. The molecule has 0 fully saturated rings. The molecule has 1 atom stereocenters. The number of rotatable bonds is 15. The Hall–Kier alpha value is 1.75. The first-order chi connectivity index (χ1) is 9.27. The Bertz CT molecular complexity index is 201. The molecular weight excluding hydrogens is 295 g/mol. The topological polar surface area (TPSA) is 37.3 Å². The maximum absolute atomic E-state index is 10.4. The molecule has 118 valence electrons. The van der Waals surface area contributed by atoms with Gasteiger partial charge in [0, 0.05) is 5.75 Å². The Morgan fingerprint density at radius 2 is 0.950 bits per heavy atom. The molecule has 0 aliphatic rings. The van der Waals surface area contributed by atoms with Gasteiger partial charge in [0.2, 0.25) is 0 Å². The fourth-order valence-corrected chi connectivity index (χ4v) is 2.87. The first-order valence-corrected chi connectivity index (χ1v) is 9.62. The van der Waals surface area contributed by atoms with Crippen LogP contribution in [0, 0.1) is 0 Å². The summed E-state index contributed by atoms with van der Waals surface area (Å²) in [6.07, 6.45) is 18.5. The van der Waals surface area contributed by atoms with Gasteiger partial charge in [0.1, 0.15) is 0 Å². The molecule has 0 aromatic carbocycles. The van der Waals surface area contributed by atoms with E-state index in [2.05, 4.69) is 6.92 Å². The van der Waals surface area contributed by atoms with E-state index < -0.39 is 11.1 Å². The molecule has 0 amide bonds. The summed E-state index contributed by atoms with van der Waals surface area (Å²) < 4.78 is 19.0. The van der Waals surface area contributed by atoms with Crippen LogP contribution in [0.3, 0.4) is 0 Å². The second-order valence-electron chi connectivity index (χ2n) is 5.62. The minimum atomic E-state index is -1.58. The van der Waals surface area contributed by atoms with Crippen LogP contribution < -0.4 is 0 Å². The summed E-state index contributed by atoms with van der Waals surface area (Å²) in [5, 5.41) is 0. The molecule has 0 spiro atoms. The van der Waals surface area contributed by atoms with E-state index in [4.69, 9.17) is 4.55 Å². The summed E-state index contributed by atoms with van der Waals surface area (Å²) in [7, 11) is 0. The molecule has 2 nitrogen and oxygen atoms in total. The second-order valence-corrected chi connectivity index (χ2v) is 6.67. The van der Waals surface area contributed by atoms with E-state index >= 15 is 0 Å². The molecule has 1 unspecified atom stereocenters. The van der Waals surface area contributed by atoms with E-state index in [1.54, 1.807) is 0 Å². The van der Waals surface area contributed by atoms with Crippen LogP contribution >= 0.6 is 0 Å². The van der Waals surface area contributed by atoms with Gasteiger partial charge in [-0.2, -0.15) is 0 Å². The SMILES string of the molecule is CCCCCCCCCCCCCCCCS(=O)O.[KH]. The van der Waals surface area contributed by atoms with E-state index in [-0.39, 0.29) is 51.4 Å². The fourth-order valence-electron chi connectivity index (χ4n) is 2.42. The molecule has 0 rings (SSSR count). The summed E-state index contributed by atoms with van der Waals surface area (Å²) >= 11 is -1.58. The molecule has 1 N–H and O–H groups in total. The quantitative estimate of drug-likeness (QED) is 0.259. The van der Waals surface area contributed by atoms with Gasteiger partial charge in [-0.3, -0.25) is 0 Å². The molecule has 0 aliphatic heterocycles. The Labute approximate surface area is 172 Å². The normalized spacial score (nSPS) is 12.1. The van der Waals surface area contributed by atoms with E-state index in [0.717, 1.165) is 12.8 Å². The first-order valence-electron chi connectivity index (χ1n) is 8.35. The van der Waals surface area contributed by atoms with Crippen LogP contribution in [0.25, 0.3) is 0 Å². The number of hydrogen-bond donors (Lipinski definition) is 1. The van der Waals surface area contributed by atoms with Crippen molar-refractivity contribution in [1.82, 2.24) is 0 Å². The Morgan fingerprint density at radius 3 is 1.25 bits per heavy atom. The molecule has 0 saturated heterocycles. The fraction of sp³-hybridized carbons (Fsp3) is 1.00. The summed E-state index contributed by atoms with van der Waals surface area (Å²) in [5.41, 5.74) is 0. The van der Waals surface area contributed by atoms with Gasteiger partial charge in [-0.05, 0) is 6.42 Å². The van der Waals surface area contributed by atoms with Gasteiger partial charge < -0.3 is 4.55 Å². The van der Waals surface area contributed by atoms with Crippen molar-refractivity contribution in [3.8, 4) is 0 Å². The summed E-state index contributed by atoms with van der Waals surface area (Å²) in [6.45, 7) is 2.27. The van der Waals surface area contributed by atoms with Crippen molar-refractivity contribution in [2.24, 2.45) is 0 Å². The van der Waals surface area contributed by atoms with E-state index in [1.807, 2.05) is 0 Å². The van der Waals surface area contributed by atoms with Crippen molar-refractivity contribution in [1.29, 1.82) is 0 Å².